The van der Waals surface area contributed by atoms with Crippen LogP contribution in [0.5, 0.6) is 0 Å². The monoisotopic (exact) mass is 368 g/mol. The predicted octanol–water partition coefficient (Wildman–Crippen LogP) is 4.20. The van der Waals surface area contributed by atoms with Gasteiger partial charge in [0, 0.05) is 24.2 Å². The van der Waals surface area contributed by atoms with Crippen LogP contribution in [0.2, 0.25) is 0 Å². The second kappa shape index (κ2) is 7.26. The first kappa shape index (κ1) is 17.3. The molecule has 2 aromatic carbocycles. The number of halogens is 2. The SMILES string of the molecule is O=C(Nc1ccc(-c2nnc3n2CCCCC3)cc1)c1c(F)cccc1F. The van der Waals surface area contributed by atoms with Crippen molar-refractivity contribution in [3.8, 4) is 11.4 Å². The van der Waals surface area contributed by atoms with Crippen molar-refractivity contribution < 1.29 is 13.6 Å². The Morgan fingerprint density at radius 2 is 1.70 bits per heavy atom. The second-order valence-corrected chi connectivity index (χ2v) is 6.53. The van der Waals surface area contributed by atoms with Crippen molar-refractivity contribution >= 4 is 11.6 Å². The van der Waals surface area contributed by atoms with Crippen LogP contribution in [0, 0.1) is 11.6 Å². The third kappa shape index (κ3) is 3.45. The molecule has 1 amide bonds. The summed E-state index contributed by atoms with van der Waals surface area (Å²) in [5.74, 6) is -0.819. The number of hydrogen-bond donors (Lipinski definition) is 1. The summed E-state index contributed by atoms with van der Waals surface area (Å²) in [7, 11) is 0. The third-order valence-electron chi connectivity index (χ3n) is 4.70. The lowest BCUT2D eigenvalue weighted by molar-refractivity contribution is 0.101. The highest BCUT2D eigenvalue weighted by atomic mass is 19.1. The molecule has 0 atom stereocenters. The fraction of sp³-hybridized carbons (Fsp3) is 0.250. The molecule has 0 aliphatic carbocycles. The number of fused-ring (bicyclic) bond motifs is 1. The number of nitrogens with one attached hydrogen (secondary N) is 1. The van der Waals surface area contributed by atoms with Crippen LogP contribution in [0.25, 0.3) is 11.4 Å². The van der Waals surface area contributed by atoms with Gasteiger partial charge in [-0.2, -0.15) is 0 Å². The summed E-state index contributed by atoms with van der Waals surface area (Å²) in [5, 5.41) is 11.1. The van der Waals surface area contributed by atoms with E-state index in [1.807, 2.05) is 12.1 Å². The van der Waals surface area contributed by atoms with Gasteiger partial charge in [0.25, 0.3) is 5.91 Å². The molecule has 0 saturated carbocycles. The number of hydrogen-bond acceptors (Lipinski definition) is 3. The number of benzene rings is 2. The maximum absolute atomic E-state index is 13.7. The standard InChI is InChI=1S/C20H18F2N4O/c21-15-5-4-6-16(22)18(15)20(27)23-14-10-8-13(9-11-14)19-25-24-17-7-2-1-3-12-26(17)19/h4-6,8-11H,1-3,7,12H2,(H,23,27). The quantitative estimate of drug-likeness (QED) is 0.754. The molecule has 0 fully saturated rings. The van der Waals surface area contributed by atoms with E-state index in [1.54, 1.807) is 12.1 Å². The van der Waals surface area contributed by atoms with Crippen LogP contribution in [0.3, 0.4) is 0 Å². The van der Waals surface area contributed by atoms with E-state index in [0.717, 1.165) is 55.2 Å². The Morgan fingerprint density at radius 1 is 0.963 bits per heavy atom. The van der Waals surface area contributed by atoms with E-state index in [9.17, 15) is 13.6 Å². The molecule has 1 aliphatic heterocycles. The highest BCUT2D eigenvalue weighted by molar-refractivity contribution is 6.04. The molecule has 1 aliphatic rings. The largest absolute Gasteiger partial charge is 0.322 e. The van der Waals surface area contributed by atoms with Gasteiger partial charge in [-0.05, 0) is 49.2 Å². The molecular formula is C20H18F2N4O. The van der Waals surface area contributed by atoms with Gasteiger partial charge in [-0.25, -0.2) is 8.78 Å². The molecule has 3 aromatic rings. The fourth-order valence-corrected chi connectivity index (χ4v) is 3.31. The van der Waals surface area contributed by atoms with Crippen molar-refractivity contribution in [2.24, 2.45) is 0 Å². The maximum Gasteiger partial charge on any atom is 0.261 e. The van der Waals surface area contributed by atoms with Gasteiger partial charge in [0.2, 0.25) is 0 Å². The molecule has 1 aromatic heterocycles. The zero-order valence-electron chi connectivity index (χ0n) is 14.6. The number of rotatable bonds is 3. The molecule has 138 valence electrons. The summed E-state index contributed by atoms with van der Waals surface area (Å²) < 4.78 is 29.6. The zero-order valence-corrected chi connectivity index (χ0v) is 14.6. The molecule has 27 heavy (non-hydrogen) atoms. The average molecular weight is 368 g/mol. The van der Waals surface area contributed by atoms with Crippen molar-refractivity contribution in [1.82, 2.24) is 14.8 Å². The van der Waals surface area contributed by atoms with Crippen LogP contribution in [0.15, 0.2) is 42.5 Å². The molecule has 0 unspecified atom stereocenters. The summed E-state index contributed by atoms with van der Waals surface area (Å²) in [6.07, 6.45) is 4.33. The first-order valence-electron chi connectivity index (χ1n) is 8.91. The van der Waals surface area contributed by atoms with Gasteiger partial charge < -0.3 is 9.88 Å². The Bertz CT molecular complexity index is 962. The fourth-order valence-electron chi connectivity index (χ4n) is 3.31. The van der Waals surface area contributed by atoms with Crippen LogP contribution >= 0.6 is 0 Å². The molecule has 4 rings (SSSR count). The van der Waals surface area contributed by atoms with E-state index in [0.29, 0.717) is 5.69 Å². The van der Waals surface area contributed by atoms with Gasteiger partial charge >= 0.3 is 0 Å². The number of carbonyl (C=O) groups is 1. The number of aryl methyl sites for hydroxylation is 1. The molecule has 7 heteroatoms. The highest BCUT2D eigenvalue weighted by Crippen LogP contribution is 2.24. The lowest BCUT2D eigenvalue weighted by Crippen LogP contribution is -2.15. The van der Waals surface area contributed by atoms with Crippen LogP contribution in [0.4, 0.5) is 14.5 Å². The minimum Gasteiger partial charge on any atom is -0.322 e. The summed E-state index contributed by atoms with van der Waals surface area (Å²) in [6, 6.07) is 10.3. The number of nitrogens with zero attached hydrogens (tertiary/aromatic N) is 3. The average Bonchev–Trinajstić information content (AvgIpc) is 2.90. The minimum atomic E-state index is -0.893. The summed E-state index contributed by atoms with van der Waals surface area (Å²) in [4.78, 5) is 12.2. The Balaban J connectivity index is 1.55. The molecule has 0 bridgehead atoms. The summed E-state index contributed by atoms with van der Waals surface area (Å²) >= 11 is 0. The third-order valence-corrected chi connectivity index (χ3v) is 4.70. The highest BCUT2D eigenvalue weighted by Gasteiger charge is 2.18. The predicted molar refractivity (Wildman–Crippen MR) is 97.3 cm³/mol. The van der Waals surface area contributed by atoms with Crippen molar-refractivity contribution in [2.45, 2.75) is 32.2 Å². The van der Waals surface area contributed by atoms with Gasteiger partial charge in [-0.3, -0.25) is 4.79 Å². The Labute approximate surface area is 155 Å². The van der Waals surface area contributed by atoms with Gasteiger partial charge in [0.15, 0.2) is 5.82 Å². The van der Waals surface area contributed by atoms with Crippen LogP contribution in [-0.2, 0) is 13.0 Å². The van der Waals surface area contributed by atoms with E-state index in [-0.39, 0.29) is 0 Å². The Kier molecular flexibility index (Phi) is 4.66. The van der Waals surface area contributed by atoms with E-state index in [4.69, 9.17) is 0 Å². The molecule has 0 spiro atoms. The van der Waals surface area contributed by atoms with E-state index in [2.05, 4.69) is 20.1 Å². The van der Waals surface area contributed by atoms with Crippen LogP contribution < -0.4 is 5.32 Å². The zero-order chi connectivity index (χ0) is 18.8. The van der Waals surface area contributed by atoms with Gasteiger partial charge in [-0.15, -0.1) is 10.2 Å². The lowest BCUT2D eigenvalue weighted by atomic mass is 10.1. The van der Waals surface area contributed by atoms with Gasteiger partial charge in [0.1, 0.15) is 23.0 Å². The van der Waals surface area contributed by atoms with Crippen LogP contribution in [-0.4, -0.2) is 20.7 Å². The normalized spacial score (nSPS) is 13.7. The van der Waals surface area contributed by atoms with Crippen molar-refractivity contribution in [1.29, 1.82) is 0 Å². The van der Waals surface area contributed by atoms with E-state index in [1.165, 1.54) is 12.5 Å². The van der Waals surface area contributed by atoms with Gasteiger partial charge in [0.05, 0.1) is 0 Å². The van der Waals surface area contributed by atoms with E-state index < -0.39 is 23.1 Å². The van der Waals surface area contributed by atoms with Crippen molar-refractivity contribution in [2.75, 3.05) is 5.32 Å². The smallest absolute Gasteiger partial charge is 0.261 e. The molecule has 0 saturated heterocycles. The number of aromatic nitrogens is 3. The topological polar surface area (TPSA) is 59.8 Å². The van der Waals surface area contributed by atoms with E-state index >= 15 is 0 Å². The Morgan fingerprint density at radius 3 is 2.44 bits per heavy atom. The minimum absolute atomic E-state index is 0.446. The molecule has 5 nitrogen and oxygen atoms in total. The Hall–Kier alpha value is -3.09. The van der Waals surface area contributed by atoms with Crippen molar-refractivity contribution in [3.05, 3.63) is 65.5 Å². The molecule has 2 heterocycles. The second-order valence-electron chi connectivity index (χ2n) is 6.53. The first-order valence-corrected chi connectivity index (χ1v) is 8.91. The van der Waals surface area contributed by atoms with Gasteiger partial charge in [-0.1, -0.05) is 12.5 Å². The number of anilines is 1. The lowest BCUT2D eigenvalue weighted by Gasteiger charge is -2.09. The van der Waals surface area contributed by atoms with Crippen molar-refractivity contribution in [3.63, 3.8) is 0 Å². The first-order chi connectivity index (χ1) is 13.1. The molecule has 1 N–H and O–H groups in total. The maximum atomic E-state index is 13.7. The summed E-state index contributed by atoms with van der Waals surface area (Å²) in [5.41, 5.74) is 0.733. The summed E-state index contributed by atoms with van der Waals surface area (Å²) in [6.45, 7) is 0.892. The van der Waals surface area contributed by atoms with Crippen LogP contribution in [0.1, 0.15) is 35.4 Å². The number of carbonyl (C=O) groups excluding carboxylic acids is 1. The number of amides is 1. The molecular weight excluding hydrogens is 350 g/mol. The molecule has 0 radical (unpaired) electrons.